The second kappa shape index (κ2) is 3.73. The van der Waals surface area contributed by atoms with Crippen molar-refractivity contribution in [2.45, 2.75) is 0 Å². The van der Waals surface area contributed by atoms with Gasteiger partial charge in [0.2, 0.25) is 0 Å². The largest absolute Gasteiger partial charge is 0.478 e. The number of hydrogen-bond acceptors (Lipinski definition) is 3. The maximum absolute atomic E-state index is 11.4. The van der Waals surface area contributed by atoms with E-state index in [0.717, 1.165) is 0 Å². The highest BCUT2D eigenvalue weighted by atomic mass is 16.4. The van der Waals surface area contributed by atoms with Crippen LogP contribution in [0.5, 0.6) is 0 Å². The van der Waals surface area contributed by atoms with Crippen LogP contribution in [-0.2, 0) is 0 Å². The lowest BCUT2D eigenvalue weighted by molar-refractivity contribution is 0.0697. The Labute approximate surface area is 91.7 Å². The number of carbonyl (C=O) groups excluding carboxylic acids is 1. The summed E-state index contributed by atoms with van der Waals surface area (Å²) in [6.45, 7) is 1.11. The fourth-order valence-electron chi connectivity index (χ4n) is 1.63. The van der Waals surface area contributed by atoms with Crippen molar-refractivity contribution in [3.8, 4) is 0 Å². The zero-order valence-electron chi connectivity index (χ0n) is 8.43. The van der Waals surface area contributed by atoms with Crippen molar-refractivity contribution in [3.63, 3.8) is 0 Å². The number of carboxylic acids is 1. The number of benzene rings is 1. The van der Waals surface area contributed by atoms with Gasteiger partial charge in [-0.3, -0.25) is 4.90 Å². The maximum Gasteiger partial charge on any atom is 0.335 e. The summed E-state index contributed by atoms with van der Waals surface area (Å²) in [4.78, 5) is 23.6. The van der Waals surface area contributed by atoms with E-state index in [9.17, 15) is 9.59 Å². The smallest absolute Gasteiger partial charge is 0.335 e. The van der Waals surface area contributed by atoms with Crippen molar-refractivity contribution in [1.82, 2.24) is 5.32 Å². The first-order valence-electron chi connectivity index (χ1n) is 4.78. The molecule has 1 heterocycles. The lowest BCUT2D eigenvalue weighted by Crippen LogP contribution is -2.28. The molecule has 2 rings (SSSR count). The van der Waals surface area contributed by atoms with Crippen molar-refractivity contribution in [2.75, 3.05) is 23.7 Å². The van der Waals surface area contributed by atoms with Crippen LogP contribution >= 0.6 is 0 Å². The van der Waals surface area contributed by atoms with Crippen molar-refractivity contribution in [1.29, 1.82) is 0 Å². The zero-order chi connectivity index (χ0) is 11.7. The zero-order valence-corrected chi connectivity index (χ0v) is 8.43. The highest BCUT2D eigenvalue weighted by Crippen LogP contribution is 2.25. The first kappa shape index (κ1) is 10.3. The summed E-state index contributed by atoms with van der Waals surface area (Å²) in [6, 6.07) is 4.11. The van der Waals surface area contributed by atoms with Gasteiger partial charge in [0.05, 0.1) is 16.9 Å². The van der Waals surface area contributed by atoms with Crippen LogP contribution in [0, 0.1) is 0 Å². The van der Waals surface area contributed by atoms with Crippen LogP contribution in [0.15, 0.2) is 18.2 Å². The van der Waals surface area contributed by atoms with Crippen LogP contribution in [0.25, 0.3) is 0 Å². The number of rotatable bonds is 2. The number of carboxylic acid groups (broad SMARTS) is 1. The minimum Gasteiger partial charge on any atom is -0.478 e. The highest BCUT2D eigenvalue weighted by molar-refractivity contribution is 5.98. The third kappa shape index (κ3) is 1.65. The molecule has 0 spiro atoms. The molecule has 6 nitrogen and oxygen atoms in total. The van der Waals surface area contributed by atoms with Crippen LogP contribution in [-0.4, -0.2) is 30.2 Å². The fraction of sp³-hybridized carbons (Fsp3) is 0.200. The Kier molecular flexibility index (Phi) is 2.40. The molecule has 2 amide bonds. The Morgan fingerprint density at radius 2 is 2.25 bits per heavy atom. The molecule has 0 aliphatic carbocycles. The molecule has 1 saturated heterocycles. The molecule has 4 N–H and O–H groups in total. The molecule has 0 atom stereocenters. The van der Waals surface area contributed by atoms with E-state index in [0.29, 0.717) is 18.8 Å². The Morgan fingerprint density at radius 3 is 2.75 bits per heavy atom. The number of nitrogens with two attached hydrogens (primary N) is 1. The molecule has 6 heteroatoms. The van der Waals surface area contributed by atoms with E-state index in [1.54, 1.807) is 6.07 Å². The molecule has 84 valence electrons. The summed E-state index contributed by atoms with van der Waals surface area (Å²) in [5.41, 5.74) is 6.66. The number of hydrogen-bond donors (Lipinski definition) is 3. The molecule has 1 aromatic carbocycles. The van der Waals surface area contributed by atoms with Crippen LogP contribution in [0.1, 0.15) is 10.4 Å². The van der Waals surface area contributed by atoms with Gasteiger partial charge in [0.25, 0.3) is 0 Å². The Hall–Kier alpha value is -2.24. The molecular weight excluding hydrogens is 210 g/mol. The van der Waals surface area contributed by atoms with Gasteiger partial charge in [0, 0.05) is 13.1 Å². The lowest BCUT2D eigenvalue weighted by Gasteiger charge is -2.16. The van der Waals surface area contributed by atoms with Crippen LogP contribution in [0.2, 0.25) is 0 Å². The first-order chi connectivity index (χ1) is 7.59. The second-order valence-corrected chi connectivity index (χ2v) is 3.46. The Bertz CT molecular complexity index is 459. The molecule has 1 aliphatic heterocycles. The van der Waals surface area contributed by atoms with Gasteiger partial charge < -0.3 is 16.2 Å². The first-order valence-corrected chi connectivity index (χ1v) is 4.78. The fourth-order valence-corrected chi connectivity index (χ4v) is 1.63. The SMILES string of the molecule is Nc1cc(C(=O)O)ccc1N1CCNC1=O. The minimum atomic E-state index is -1.04. The van der Waals surface area contributed by atoms with E-state index in [4.69, 9.17) is 10.8 Å². The lowest BCUT2D eigenvalue weighted by atomic mass is 10.1. The van der Waals surface area contributed by atoms with Crippen LogP contribution in [0.3, 0.4) is 0 Å². The summed E-state index contributed by atoms with van der Waals surface area (Å²) in [5, 5.41) is 11.4. The van der Waals surface area contributed by atoms with Gasteiger partial charge in [-0.05, 0) is 18.2 Å². The maximum atomic E-state index is 11.4. The molecule has 0 saturated carbocycles. The van der Waals surface area contributed by atoms with Gasteiger partial charge in [-0.15, -0.1) is 0 Å². The standard InChI is InChI=1S/C10H11N3O3/c11-7-5-6(9(14)15)1-2-8(7)13-4-3-12-10(13)16/h1-2,5H,3-4,11H2,(H,12,16)(H,14,15). The predicted molar refractivity (Wildman–Crippen MR) is 58.6 cm³/mol. The molecule has 0 bridgehead atoms. The van der Waals surface area contributed by atoms with E-state index in [1.807, 2.05) is 0 Å². The Balaban J connectivity index is 2.36. The predicted octanol–water partition coefficient (Wildman–Crippen LogP) is 0.497. The number of anilines is 2. The summed E-state index contributed by atoms with van der Waals surface area (Å²) in [6.07, 6.45) is 0. The average molecular weight is 221 g/mol. The average Bonchev–Trinajstić information content (AvgIpc) is 2.64. The van der Waals surface area contributed by atoms with Gasteiger partial charge in [-0.1, -0.05) is 0 Å². The quantitative estimate of drug-likeness (QED) is 0.633. The minimum absolute atomic E-state index is 0.112. The molecule has 0 aromatic heterocycles. The summed E-state index contributed by atoms with van der Waals surface area (Å²) in [7, 11) is 0. The Morgan fingerprint density at radius 1 is 1.50 bits per heavy atom. The number of nitrogens with one attached hydrogen (secondary N) is 1. The topological polar surface area (TPSA) is 95.7 Å². The molecule has 1 fully saturated rings. The molecule has 16 heavy (non-hydrogen) atoms. The normalized spacial score (nSPS) is 15.0. The highest BCUT2D eigenvalue weighted by Gasteiger charge is 2.23. The van der Waals surface area contributed by atoms with Crippen molar-refractivity contribution < 1.29 is 14.7 Å². The molecule has 0 unspecified atom stereocenters. The van der Waals surface area contributed by atoms with E-state index >= 15 is 0 Å². The van der Waals surface area contributed by atoms with E-state index in [1.165, 1.54) is 17.0 Å². The van der Waals surface area contributed by atoms with E-state index in [2.05, 4.69) is 5.32 Å². The van der Waals surface area contributed by atoms with Crippen molar-refractivity contribution in [3.05, 3.63) is 23.8 Å². The van der Waals surface area contributed by atoms with Crippen molar-refractivity contribution >= 4 is 23.4 Å². The summed E-state index contributed by atoms with van der Waals surface area (Å²) in [5.74, 6) is -1.04. The van der Waals surface area contributed by atoms with E-state index in [-0.39, 0.29) is 17.3 Å². The summed E-state index contributed by atoms with van der Waals surface area (Å²) >= 11 is 0. The van der Waals surface area contributed by atoms with Crippen molar-refractivity contribution in [2.24, 2.45) is 0 Å². The van der Waals surface area contributed by atoms with Gasteiger partial charge in [-0.2, -0.15) is 0 Å². The monoisotopic (exact) mass is 221 g/mol. The van der Waals surface area contributed by atoms with Gasteiger partial charge >= 0.3 is 12.0 Å². The molecular formula is C10H11N3O3. The number of urea groups is 1. The number of amides is 2. The second-order valence-electron chi connectivity index (χ2n) is 3.46. The number of nitrogen functional groups attached to an aromatic ring is 1. The van der Waals surface area contributed by atoms with Gasteiger partial charge in [0.1, 0.15) is 0 Å². The third-order valence-electron chi connectivity index (χ3n) is 2.42. The van der Waals surface area contributed by atoms with Gasteiger partial charge in [-0.25, -0.2) is 9.59 Å². The van der Waals surface area contributed by atoms with E-state index < -0.39 is 5.97 Å². The van der Waals surface area contributed by atoms with Crippen LogP contribution < -0.4 is 16.0 Å². The number of aromatic carboxylic acids is 1. The number of nitrogens with zero attached hydrogens (tertiary/aromatic N) is 1. The molecule has 0 radical (unpaired) electrons. The number of carbonyl (C=O) groups is 2. The molecule has 1 aliphatic rings. The summed E-state index contributed by atoms with van der Waals surface area (Å²) < 4.78 is 0. The third-order valence-corrected chi connectivity index (χ3v) is 2.42. The van der Waals surface area contributed by atoms with Gasteiger partial charge in [0.15, 0.2) is 0 Å². The van der Waals surface area contributed by atoms with Crippen LogP contribution in [0.4, 0.5) is 16.2 Å². The molecule has 1 aromatic rings.